The van der Waals surface area contributed by atoms with E-state index in [2.05, 4.69) is 9.97 Å². The zero-order valence-electron chi connectivity index (χ0n) is 8.96. The highest BCUT2D eigenvalue weighted by molar-refractivity contribution is 5.62. The Hall–Kier alpha value is -2.30. The number of hydrogen-bond acceptors (Lipinski definition) is 5. The lowest BCUT2D eigenvalue weighted by atomic mass is 10.3. The number of nitrogen functional groups attached to an aromatic ring is 2. The third-order valence-electron chi connectivity index (χ3n) is 2.24. The molecule has 1 heterocycles. The van der Waals surface area contributed by atoms with E-state index in [1.165, 1.54) is 0 Å². The van der Waals surface area contributed by atoms with Crippen LogP contribution in [0.1, 0.15) is 0 Å². The molecule has 0 aliphatic rings. The molecule has 0 aliphatic carbocycles. The highest BCUT2D eigenvalue weighted by Crippen LogP contribution is 2.22. The summed E-state index contributed by atoms with van der Waals surface area (Å²) in [4.78, 5) is 9.85. The molecule has 0 amide bonds. The van der Waals surface area contributed by atoms with Gasteiger partial charge in [0.05, 0.1) is 0 Å². The molecular formula is C11H13N5. The second-order valence-electron chi connectivity index (χ2n) is 3.40. The number of nitrogens with zero attached hydrogens (tertiary/aromatic N) is 3. The van der Waals surface area contributed by atoms with Gasteiger partial charge in [-0.3, -0.25) is 0 Å². The average Bonchev–Trinajstić information content (AvgIpc) is 2.28. The Bertz CT molecular complexity index is 463. The van der Waals surface area contributed by atoms with Crippen LogP contribution in [-0.2, 0) is 0 Å². The minimum Gasteiger partial charge on any atom is -0.383 e. The maximum absolute atomic E-state index is 5.62. The molecule has 0 radical (unpaired) electrons. The van der Waals surface area contributed by atoms with E-state index in [0.717, 1.165) is 5.69 Å². The number of rotatable bonds is 2. The Morgan fingerprint density at radius 2 is 1.75 bits per heavy atom. The van der Waals surface area contributed by atoms with Crippen molar-refractivity contribution < 1.29 is 0 Å². The van der Waals surface area contributed by atoms with Crippen molar-refractivity contribution in [3.63, 3.8) is 0 Å². The van der Waals surface area contributed by atoms with Gasteiger partial charge in [-0.25, -0.2) is 0 Å². The highest BCUT2D eigenvalue weighted by Gasteiger charge is 2.06. The van der Waals surface area contributed by atoms with Crippen LogP contribution < -0.4 is 16.4 Å². The van der Waals surface area contributed by atoms with Crippen LogP contribution in [0.25, 0.3) is 0 Å². The first-order valence-corrected chi connectivity index (χ1v) is 4.85. The van der Waals surface area contributed by atoms with Gasteiger partial charge in [0.25, 0.3) is 0 Å². The number of aromatic nitrogens is 2. The first-order valence-electron chi connectivity index (χ1n) is 4.85. The Kier molecular flexibility index (Phi) is 2.59. The standard InChI is InChI=1S/C11H13N5/c1-16(8-5-3-2-4-6-8)10-7-9(12)14-11(13)15-10/h2-7H,1H3,(H4,12,13,14,15). The normalized spacial score (nSPS) is 10.1. The number of anilines is 4. The van der Waals surface area contributed by atoms with Gasteiger partial charge in [-0.15, -0.1) is 0 Å². The molecule has 0 unspecified atom stereocenters. The van der Waals surface area contributed by atoms with Gasteiger partial charge in [0, 0.05) is 18.8 Å². The van der Waals surface area contributed by atoms with Gasteiger partial charge in [0.1, 0.15) is 11.6 Å². The van der Waals surface area contributed by atoms with Crippen molar-refractivity contribution in [2.75, 3.05) is 23.4 Å². The number of hydrogen-bond donors (Lipinski definition) is 2. The van der Waals surface area contributed by atoms with Crippen molar-refractivity contribution in [1.29, 1.82) is 0 Å². The Morgan fingerprint density at radius 3 is 2.38 bits per heavy atom. The lowest BCUT2D eigenvalue weighted by molar-refractivity contribution is 1.10. The summed E-state index contributed by atoms with van der Waals surface area (Å²) in [7, 11) is 1.90. The first-order chi connectivity index (χ1) is 7.66. The van der Waals surface area contributed by atoms with E-state index in [1.54, 1.807) is 6.07 Å². The zero-order chi connectivity index (χ0) is 11.5. The molecule has 5 heteroatoms. The molecule has 0 aliphatic heterocycles. The Morgan fingerprint density at radius 1 is 1.06 bits per heavy atom. The highest BCUT2D eigenvalue weighted by atomic mass is 15.2. The van der Waals surface area contributed by atoms with E-state index in [4.69, 9.17) is 11.5 Å². The fourth-order valence-corrected chi connectivity index (χ4v) is 1.43. The number of benzene rings is 1. The number of nitrogens with two attached hydrogens (primary N) is 2. The SMILES string of the molecule is CN(c1ccccc1)c1cc(N)nc(N)n1. The summed E-state index contributed by atoms with van der Waals surface area (Å²) in [6.07, 6.45) is 0. The average molecular weight is 215 g/mol. The summed E-state index contributed by atoms with van der Waals surface area (Å²) in [5, 5.41) is 0. The molecule has 1 aromatic heterocycles. The summed E-state index contributed by atoms with van der Waals surface area (Å²) < 4.78 is 0. The molecule has 0 saturated heterocycles. The molecule has 0 saturated carbocycles. The molecule has 1 aromatic carbocycles. The molecule has 0 spiro atoms. The molecule has 0 fully saturated rings. The topological polar surface area (TPSA) is 81.1 Å². The summed E-state index contributed by atoms with van der Waals surface area (Å²) in [6, 6.07) is 11.5. The molecule has 5 nitrogen and oxygen atoms in total. The third-order valence-corrected chi connectivity index (χ3v) is 2.24. The van der Waals surface area contributed by atoms with Gasteiger partial charge in [0.2, 0.25) is 5.95 Å². The van der Waals surface area contributed by atoms with Crippen molar-refractivity contribution in [2.24, 2.45) is 0 Å². The lowest BCUT2D eigenvalue weighted by Gasteiger charge is -2.18. The van der Waals surface area contributed by atoms with Crippen LogP contribution in [0.4, 0.5) is 23.3 Å². The van der Waals surface area contributed by atoms with Crippen LogP contribution in [0.2, 0.25) is 0 Å². The molecule has 0 bridgehead atoms. The fourth-order valence-electron chi connectivity index (χ4n) is 1.43. The van der Waals surface area contributed by atoms with E-state index in [9.17, 15) is 0 Å². The van der Waals surface area contributed by atoms with E-state index in [1.807, 2.05) is 42.3 Å². The lowest BCUT2D eigenvalue weighted by Crippen LogP contribution is -2.13. The third kappa shape index (κ3) is 2.03. The van der Waals surface area contributed by atoms with Crippen LogP contribution >= 0.6 is 0 Å². The van der Waals surface area contributed by atoms with Crippen LogP contribution in [0.3, 0.4) is 0 Å². The van der Waals surface area contributed by atoms with Crippen LogP contribution in [0.15, 0.2) is 36.4 Å². The Balaban J connectivity index is 2.37. The fraction of sp³-hybridized carbons (Fsp3) is 0.0909. The molecule has 2 rings (SSSR count). The van der Waals surface area contributed by atoms with Crippen molar-refractivity contribution in [3.05, 3.63) is 36.4 Å². The smallest absolute Gasteiger partial charge is 0.223 e. The summed E-state index contributed by atoms with van der Waals surface area (Å²) in [5.74, 6) is 1.22. The summed E-state index contributed by atoms with van der Waals surface area (Å²) >= 11 is 0. The monoisotopic (exact) mass is 215 g/mol. The van der Waals surface area contributed by atoms with Gasteiger partial charge in [-0.1, -0.05) is 18.2 Å². The first kappa shape index (κ1) is 10.2. The summed E-state index contributed by atoms with van der Waals surface area (Å²) in [6.45, 7) is 0. The van der Waals surface area contributed by atoms with Crippen molar-refractivity contribution in [3.8, 4) is 0 Å². The van der Waals surface area contributed by atoms with Crippen molar-refractivity contribution in [1.82, 2.24) is 9.97 Å². The van der Waals surface area contributed by atoms with Gasteiger partial charge < -0.3 is 16.4 Å². The molecule has 82 valence electrons. The second-order valence-corrected chi connectivity index (χ2v) is 3.40. The van der Waals surface area contributed by atoms with Gasteiger partial charge >= 0.3 is 0 Å². The molecule has 16 heavy (non-hydrogen) atoms. The van der Waals surface area contributed by atoms with Crippen LogP contribution in [-0.4, -0.2) is 17.0 Å². The van der Waals surface area contributed by atoms with Crippen LogP contribution in [0.5, 0.6) is 0 Å². The minimum atomic E-state index is 0.179. The van der Waals surface area contributed by atoms with Gasteiger partial charge in [-0.2, -0.15) is 9.97 Å². The van der Waals surface area contributed by atoms with E-state index < -0.39 is 0 Å². The van der Waals surface area contributed by atoms with Gasteiger partial charge in [0.15, 0.2) is 0 Å². The van der Waals surface area contributed by atoms with Gasteiger partial charge in [-0.05, 0) is 12.1 Å². The van der Waals surface area contributed by atoms with Crippen molar-refractivity contribution in [2.45, 2.75) is 0 Å². The second kappa shape index (κ2) is 4.06. The molecule has 2 aromatic rings. The predicted octanol–water partition coefficient (Wildman–Crippen LogP) is 1.41. The van der Waals surface area contributed by atoms with E-state index >= 15 is 0 Å². The largest absolute Gasteiger partial charge is 0.383 e. The van der Waals surface area contributed by atoms with E-state index in [-0.39, 0.29) is 5.95 Å². The Labute approximate surface area is 93.7 Å². The minimum absolute atomic E-state index is 0.179. The van der Waals surface area contributed by atoms with Crippen LogP contribution in [0, 0.1) is 0 Å². The molecular weight excluding hydrogens is 202 g/mol. The zero-order valence-corrected chi connectivity index (χ0v) is 8.96. The van der Waals surface area contributed by atoms with E-state index in [0.29, 0.717) is 11.6 Å². The summed E-state index contributed by atoms with van der Waals surface area (Å²) in [5.41, 5.74) is 12.2. The van der Waals surface area contributed by atoms with Crippen molar-refractivity contribution >= 4 is 23.3 Å². The predicted molar refractivity (Wildman–Crippen MR) is 65.4 cm³/mol. The molecule has 0 atom stereocenters. The maximum Gasteiger partial charge on any atom is 0.223 e. The quantitative estimate of drug-likeness (QED) is 0.791. The maximum atomic E-state index is 5.62. The number of para-hydroxylation sites is 1. The molecule has 4 N–H and O–H groups in total.